The van der Waals surface area contributed by atoms with Crippen molar-refractivity contribution in [3.05, 3.63) is 70.2 Å². The number of halogens is 1. The molecule has 0 spiro atoms. The van der Waals surface area contributed by atoms with Crippen molar-refractivity contribution >= 4 is 27.7 Å². The van der Waals surface area contributed by atoms with Crippen LogP contribution in [0.15, 0.2) is 48.5 Å². The second-order valence-corrected chi connectivity index (χ2v) is 9.28. The maximum atomic E-state index is 12.9. The molecule has 0 saturated carbocycles. The quantitative estimate of drug-likeness (QED) is 0.779. The summed E-state index contributed by atoms with van der Waals surface area (Å²) in [4.78, 5) is 12.3. The van der Waals surface area contributed by atoms with E-state index in [4.69, 9.17) is 11.6 Å². The number of aryl methyl sites for hydroxylation is 1. The fourth-order valence-corrected chi connectivity index (χ4v) is 4.82. The Morgan fingerprint density at radius 3 is 2.29 bits per heavy atom. The Balaban J connectivity index is 1.59. The molecule has 1 amide bonds. The minimum atomic E-state index is -3.67. The van der Waals surface area contributed by atoms with Crippen LogP contribution in [-0.2, 0) is 28.1 Å². The zero-order valence-electron chi connectivity index (χ0n) is 15.8. The Kier molecular flexibility index (Phi) is 6.72. The predicted octanol–water partition coefficient (Wildman–Crippen LogP) is 2.72. The first-order valence-corrected chi connectivity index (χ1v) is 10.9. The number of nitrogens with one attached hydrogen (secondary N) is 1. The number of amides is 1. The van der Waals surface area contributed by atoms with E-state index in [1.807, 2.05) is 43.3 Å². The third-order valence-electron chi connectivity index (χ3n) is 4.67. The monoisotopic (exact) mass is 421 g/mol. The lowest BCUT2D eigenvalue weighted by atomic mass is 10.1. The smallest absolute Gasteiger partial charge is 0.282 e. The molecule has 1 heterocycles. The first kappa shape index (κ1) is 20.8. The van der Waals surface area contributed by atoms with Gasteiger partial charge in [0, 0.05) is 31.2 Å². The van der Waals surface area contributed by atoms with Crippen molar-refractivity contribution in [2.45, 2.75) is 26.4 Å². The second kappa shape index (κ2) is 9.05. The molecular weight excluding hydrogens is 398 g/mol. The number of hydrogen-bond donors (Lipinski definition) is 1. The highest BCUT2D eigenvalue weighted by atomic mass is 35.5. The lowest BCUT2D eigenvalue weighted by molar-refractivity contribution is -0.121. The van der Waals surface area contributed by atoms with Crippen molar-refractivity contribution < 1.29 is 13.2 Å². The van der Waals surface area contributed by atoms with Crippen molar-refractivity contribution in [1.29, 1.82) is 0 Å². The third kappa shape index (κ3) is 5.32. The number of hydrogen-bond acceptors (Lipinski definition) is 3. The molecule has 2 aromatic rings. The van der Waals surface area contributed by atoms with Crippen LogP contribution in [0.25, 0.3) is 0 Å². The van der Waals surface area contributed by atoms with E-state index in [1.165, 1.54) is 8.61 Å². The van der Waals surface area contributed by atoms with Crippen LogP contribution in [0.3, 0.4) is 0 Å². The number of nitrogens with zero attached hydrogens (tertiary/aromatic N) is 2. The van der Waals surface area contributed by atoms with E-state index < -0.39 is 10.2 Å². The molecule has 8 heteroatoms. The van der Waals surface area contributed by atoms with Gasteiger partial charge in [0.15, 0.2) is 0 Å². The van der Waals surface area contributed by atoms with Crippen LogP contribution in [0, 0.1) is 6.92 Å². The highest BCUT2D eigenvalue weighted by Crippen LogP contribution is 2.19. The van der Waals surface area contributed by atoms with Crippen LogP contribution < -0.4 is 5.32 Å². The van der Waals surface area contributed by atoms with Crippen LogP contribution >= 0.6 is 11.6 Å². The molecule has 1 saturated heterocycles. The van der Waals surface area contributed by atoms with Crippen LogP contribution in [-0.4, -0.2) is 42.6 Å². The van der Waals surface area contributed by atoms with Gasteiger partial charge >= 0.3 is 0 Å². The van der Waals surface area contributed by atoms with E-state index in [0.29, 0.717) is 37.6 Å². The average Bonchev–Trinajstić information content (AvgIpc) is 2.66. The van der Waals surface area contributed by atoms with Gasteiger partial charge < -0.3 is 5.32 Å². The van der Waals surface area contributed by atoms with Crippen LogP contribution in [0.1, 0.15) is 23.1 Å². The topological polar surface area (TPSA) is 69.7 Å². The van der Waals surface area contributed by atoms with Gasteiger partial charge in [0.1, 0.15) is 0 Å². The highest BCUT2D eigenvalue weighted by Gasteiger charge is 2.34. The SMILES string of the molecule is Cc1ccc(CN2CCCN(CC(=O)NCc3ccc(Cl)cc3)S2(=O)=O)cc1. The lowest BCUT2D eigenvalue weighted by Crippen LogP contribution is -2.52. The Morgan fingerprint density at radius 2 is 1.61 bits per heavy atom. The first-order valence-electron chi connectivity index (χ1n) is 9.16. The Morgan fingerprint density at radius 1 is 1.00 bits per heavy atom. The van der Waals surface area contributed by atoms with Crippen LogP contribution in [0.4, 0.5) is 0 Å². The van der Waals surface area contributed by atoms with Crippen molar-refractivity contribution in [2.75, 3.05) is 19.6 Å². The lowest BCUT2D eigenvalue weighted by Gasteiger charge is -2.34. The van der Waals surface area contributed by atoms with E-state index in [2.05, 4.69) is 5.32 Å². The summed E-state index contributed by atoms with van der Waals surface area (Å²) in [6.07, 6.45) is 0.690. The molecular formula is C20H24ClN3O3S. The van der Waals surface area contributed by atoms with Crippen molar-refractivity contribution in [1.82, 2.24) is 13.9 Å². The second-order valence-electron chi connectivity index (χ2n) is 6.92. The Labute approximate surface area is 171 Å². The molecule has 1 aliphatic heterocycles. The third-order valence-corrected chi connectivity index (χ3v) is 6.85. The van der Waals surface area contributed by atoms with Crippen LogP contribution in [0.5, 0.6) is 0 Å². The number of benzene rings is 2. The van der Waals surface area contributed by atoms with Gasteiger partial charge in [0.05, 0.1) is 6.54 Å². The van der Waals surface area contributed by atoms with E-state index in [1.54, 1.807) is 12.1 Å². The summed E-state index contributed by atoms with van der Waals surface area (Å²) in [6, 6.07) is 14.9. The normalized spacial score (nSPS) is 17.4. The Bertz CT molecular complexity index is 915. The molecule has 1 fully saturated rings. The molecule has 0 radical (unpaired) electrons. The van der Waals surface area contributed by atoms with E-state index in [9.17, 15) is 13.2 Å². The maximum Gasteiger partial charge on any atom is 0.282 e. The van der Waals surface area contributed by atoms with Gasteiger partial charge in [-0.3, -0.25) is 4.79 Å². The summed E-state index contributed by atoms with van der Waals surface area (Å²) in [5.41, 5.74) is 2.97. The largest absolute Gasteiger partial charge is 0.351 e. The summed E-state index contributed by atoms with van der Waals surface area (Å²) in [5, 5.41) is 3.40. The van der Waals surface area contributed by atoms with Gasteiger partial charge in [-0.25, -0.2) is 0 Å². The van der Waals surface area contributed by atoms with Gasteiger partial charge in [-0.2, -0.15) is 17.0 Å². The van der Waals surface area contributed by atoms with E-state index in [-0.39, 0.29) is 12.5 Å². The molecule has 1 aliphatic rings. The fraction of sp³-hybridized carbons (Fsp3) is 0.350. The van der Waals surface area contributed by atoms with Crippen molar-refractivity contribution in [2.24, 2.45) is 0 Å². The van der Waals surface area contributed by atoms with Crippen molar-refractivity contribution in [3.63, 3.8) is 0 Å². The molecule has 1 N–H and O–H groups in total. The van der Waals surface area contributed by atoms with Gasteiger partial charge in [0.2, 0.25) is 5.91 Å². The van der Waals surface area contributed by atoms with Gasteiger partial charge in [-0.1, -0.05) is 53.6 Å². The summed E-state index contributed by atoms with van der Waals surface area (Å²) in [5.74, 6) is -0.323. The van der Waals surface area contributed by atoms with Crippen LogP contribution in [0.2, 0.25) is 5.02 Å². The fourth-order valence-electron chi connectivity index (χ4n) is 3.05. The zero-order valence-corrected chi connectivity index (χ0v) is 17.3. The van der Waals surface area contributed by atoms with Gasteiger partial charge in [0.25, 0.3) is 10.2 Å². The minimum Gasteiger partial charge on any atom is -0.351 e. The molecule has 0 atom stereocenters. The number of carbonyl (C=O) groups excluding carboxylic acids is 1. The standard InChI is InChI=1S/C20H24ClN3O3S/c1-16-3-5-18(6-4-16)14-23-11-2-12-24(28(23,26)27)15-20(25)22-13-17-7-9-19(21)10-8-17/h3-10H,2,11-15H2,1H3,(H,22,25). The number of carbonyl (C=O) groups is 1. The zero-order chi connectivity index (χ0) is 20.1. The van der Waals surface area contributed by atoms with Crippen molar-refractivity contribution in [3.8, 4) is 0 Å². The number of rotatable bonds is 6. The van der Waals surface area contributed by atoms with E-state index in [0.717, 1.165) is 16.7 Å². The average molecular weight is 422 g/mol. The summed E-state index contributed by atoms with van der Waals surface area (Å²) >= 11 is 5.85. The Hall–Kier alpha value is -1.93. The van der Waals surface area contributed by atoms with Gasteiger partial charge in [-0.15, -0.1) is 0 Å². The van der Waals surface area contributed by atoms with Gasteiger partial charge in [-0.05, 0) is 36.6 Å². The van der Waals surface area contributed by atoms with E-state index >= 15 is 0 Å². The summed E-state index contributed by atoms with van der Waals surface area (Å²) < 4.78 is 28.5. The minimum absolute atomic E-state index is 0.180. The molecule has 6 nitrogen and oxygen atoms in total. The molecule has 0 aliphatic carbocycles. The molecule has 2 aromatic carbocycles. The predicted molar refractivity (Wildman–Crippen MR) is 110 cm³/mol. The summed E-state index contributed by atoms with van der Waals surface area (Å²) in [6.45, 7) is 3.26. The molecule has 0 bridgehead atoms. The molecule has 0 aromatic heterocycles. The molecule has 150 valence electrons. The maximum absolute atomic E-state index is 12.9. The summed E-state index contributed by atoms with van der Waals surface area (Å²) in [7, 11) is -3.67. The first-order chi connectivity index (χ1) is 13.3. The molecule has 28 heavy (non-hydrogen) atoms. The molecule has 0 unspecified atom stereocenters. The molecule has 3 rings (SSSR count). The highest BCUT2D eigenvalue weighted by molar-refractivity contribution is 7.86.